The third-order valence-electron chi connectivity index (χ3n) is 2.99. The number of nitrogens with zero attached hydrogens (tertiary/aromatic N) is 1. The van der Waals surface area contributed by atoms with E-state index in [1.807, 2.05) is 43.5 Å². The van der Waals surface area contributed by atoms with Crippen LogP contribution in [-0.2, 0) is 4.74 Å². The number of carbonyl (C=O) groups excluding carboxylic acids is 1. The van der Waals surface area contributed by atoms with Gasteiger partial charge in [0, 0.05) is 21.2 Å². The van der Waals surface area contributed by atoms with Crippen molar-refractivity contribution in [1.82, 2.24) is 4.98 Å². The number of aryl methyl sites for hydroxylation is 1. The highest BCUT2D eigenvalue weighted by Gasteiger charge is 2.21. The van der Waals surface area contributed by atoms with E-state index < -0.39 is 0 Å². The van der Waals surface area contributed by atoms with Crippen molar-refractivity contribution in [2.45, 2.75) is 20.0 Å². The summed E-state index contributed by atoms with van der Waals surface area (Å²) in [7, 11) is 0. The number of fused-ring (bicyclic) bond motifs is 1. The fourth-order valence-electron chi connectivity index (χ4n) is 1.97. The Morgan fingerprint density at radius 2 is 2.14 bits per heavy atom. The van der Waals surface area contributed by atoms with Gasteiger partial charge in [-0.15, -0.1) is 22.7 Å². The largest absolute Gasteiger partial charge is 0.451 e. The summed E-state index contributed by atoms with van der Waals surface area (Å²) < 4.78 is 7.40. The first-order chi connectivity index (χ1) is 10.1. The molecule has 1 unspecified atom stereocenters. The maximum Gasteiger partial charge on any atom is 0.350 e. The molecule has 0 aliphatic heterocycles. The zero-order valence-electron chi connectivity index (χ0n) is 11.4. The molecular formula is C15H12BrNO2S2. The van der Waals surface area contributed by atoms with Crippen molar-refractivity contribution in [2.75, 3.05) is 0 Å². The van der Waals surface area contributed by atoms with Gasteiger partial charge >= 0.3 is 5.97 Å². The number of halogens is 1. The molecule has 0 amide bonds. The molecule has 1 aromatic carbocycles. The second-order valence-corrected chi connectivity index (χ2v) is 7.35. The van der Waals surface area contributed by atoms with E-state index in [2.05, 4.69) is 20.9 Å². The summed E-state index contributed by atoms with van der Waals surface area (Å²) in [4.78, 5) is 17.3. The summed E-state index contributed by atoms with van der Waals surface area (Å²) in [6, 6.07) is 7.90. The molecule has 3 aromatic rings. The van der Waals surface area contributed by atoms with Crippen LogP contribution in [0, 0.1) is 6.92 Å². The molecule has 0 aliphatic rings. The van der Waals surface area contributed by atoms with Crippen molar-refractivity contribution in [1.29, 1.82) is 0 Å². The third kappa shape index (κ3) is 2.88. The molecule has 6 heteroatoms. The van der Waals surface area contributed by atoms with E-state index >= 15 is 0 Å². The fraction of sp³-hybridized carbons (Fsp3) is 0.200. The van der Waals surface area contributed by atoms with E-state index in [1.165, 1.54) is 22.7 Å². The van der Waals surface area contributed by atoms with Crippen molar-refractivity contribution in [3.8, 4) is 0 Å². The van der Waals surface area contributed by atoms with Crippen LogP contribution in [0.5, 0.6) is 0 Å². The number of esters is 1. The third-order valence-corrected chi connectivity index (χ3v) is 6.35. The Morgan fingerprint density at radius 3 is 2.81 bits per heavy atom. The summed E-state index contributed by atoms with van der Waals surface area (Å²) in [6.07, 6.45) is -0.340. The van der Waals surface area contributed by atoms with Crippen LogP contribution in [0.25, 0.3) is 10.1 Å². The first-order valence-corrected chi connectivity index (χ1v) is 8.85. The Labute approximate surface area is 138 Å². The first-order valence-electron chi connectivity index (χ1n) is 6.36. The molecule has 21 heavy (non-hydrogen) atoms. The maximum atomic E-state index is 12.4. The Hall–Kier alpha value is -1.24. The lowest BCUT2D eigenvalue weighted by molar-refractivity contribution is 0.0342. The molecule has 0 radical (unpaired) electrons. The molecule has 1 atom stereocenters. The molecule has 0 bridgehead atoms. The highest BCUT2D eigenvalue weighted by atomic mass is 79.9. The lowest BCUT2D eigenvalue weighted by Gasteiger charge is -2.09. The monoisotopic (exact) mass is 381 g/mol. The molecule has 0 fully saturated rings. The van der Waals surface area contributed by atoms with Crippen molar-refractivity contribution >= 4 is 54.7 Å². The SMILES string of the molecule is Cc1csc(C(C)OC(=O)c2sc3ccccc3c2Br)n1. The molecule has 0 spiro atoms. The van der Waals surface area contributed by atoms with E-state index in [9.17, 15) is 4.79 Å². The van der Waals surface area contributed by atoms with Crippen LogP contribution in [0.3, 0.4) is 0 Å². The van der Waals surface area contributed by atoms with Crippen LogP contribution in [-0.4, -0.2) is 11.0 Å². The minimum atomic E-state index is -0.340. The smallest absolute Gasteiger partial charge is 0.350 e. The quantitative estimate of drug-likeness (QED) is 0.574. The normalized spacial score (nSPS) is 12.5. The number of benzene rings is 1. The average Bonchev–Trinajstić information content (AvgIpc) is 3.04. The van der Waals surface area contributed by atoms with E-state index in [-0.39, 0.29) is 12.1 Å². The molecule has 108 valence electrons. The van der Waals surface area contributed by atoms with Gasteiger partial charge in [0.15, 0.2) is 6.10 Å². The van der Waals surface area contributed by atoms with E-state index in [0.29, 0.717) is 4.88 Å². The highest BCUT2D eigenvalue weighted by molar-refractivity contribution is 9.10. The van der Waals surface area contributed by atoms with Gasteiger partial charge in [0.1, 0.15) is 9.88 Å². The Morgan fingerprint density at radius 1 is 1.38 bits per heavy atom. The van der Waals surface area contributed by atoms with Gasteiger partial charge in [-0.2, -0.15) is 0 Å². The Kier molecular flexibility index (Phi) is 4.10. The first kappa shape index (κ1) is 14.7. The molecule has 0 saturated heterocycles. The predicted octanol–water partition coefficient (Wildman–Crippen LogP) is 5.35. The summed E-state index contributed by atoms with van der Waals surface area (Å²) in [5, 5.41) is 3.81. The van der Waals surface area contributed by atoms with Crippen molar-refractivity contribution in [3.05, 3.63) is 49.7 Å². The van der Waals surface area contributed by atoms with Crippen LogP contribution in [0.1, 0.15) is 33.4 Å². The maximum absolute atomic E-state index is 12.4. The van der Waals surface area contributed by atoms with Crippen LogP contribution in [0.2, 0.25) is 0 Å². The zero-order valence-corrected chi connectivity index (χ0v) is 14.6. The van der Waals surface area contributed by atoms with E-state index in [0.717, 1.165) is 25.3 Å². The molecule has 3 rings (SSSR count). The molecular weight excluding hydrogens is 370 g/mol. The van der Waals surface area contributed by atoms with Crippen LogP contribution >= 0.6 is 38.6 Å². The van der Waals surface area contributed by atoms with E-state index in [1.54, 1.807) is 0 Å². The number of aromatic nitrogens is 1. The van der Waals surface area contributed by atoms with Crippen LogP contribution in [0.4, 0.5) is 0 Å². The Balaban J connectivity index is 1.85. The summed E-state index contributed by atoms with van der Waals surface area (Å²) in [5.41, 5.74) is 0.945. The number of thiazole rings is 1. The van der Waals surface area contributed by atoms with Gasteiger partial charge in [0.25, 0.3) is 0 Å². The average molecular weight is 382 g/mol. The van der Waals surface area contributed by atoms with Crippen LogP contribution < -0.4 is 0 Å². The molecule has 0 aliphatic carbocycles. The van der Waals surface area contributed by atoms with Gasteiger partial charge < -0.3 is 4.74 Å². The molecule has 2 heterocycles. The second-order valence-electron chi connectivity index (χ2n) is 4.62. The molecule has 0 N–H and O–H groups in total. The summed E-state index contributed by atoms with van der Waals surface area (Å²) in [5.74, 6) is -0.316. The lowest BCUT2D eigenvalue weighted by atomic mass is 10.2. The van der Waals surface area contributed by atoms with Gasteiger partial charge in [-0.1, -0.05) is 18.2 Å². The van der Waals surface area contributed by atoms with Gasteiger partial charge in [-0.05, 0) is 35.8 Å². The van der Waals surface area contributed by atoms with Crippen LogP contribution in [0.15, 0.2) is 34.1 Å². The molecule has 0 saturated carbocycles. The van der Waals surface area contributed by atoms with Gasteiger partial charge in [-0.25, -0.2) is 9.78 Å². The number of rotatable bonds is 3. The van der Waals surface area contributed by atoms with Gasteiger partial charge in [-0.3, -0.25) is 0 Å². The summed E-state index contributed by atoms with van der Waals surface area (Å²) >= 11 is 6.44. The number of hydrogen-bond donors (Lipinski definition) is 0. The molecule has 3 nitrogen and oxygen atoms in total. The van der Waals surface area contributed by atoms with Crippen molar-refractivity contribution in [3.63, 3.8) is 0 Å². The van der Waals surface area contributed by atoms with Crippen molar-refractivity contribution in [2.24, 2.45) is 0 Å². The predicted molar refractivity (Wildman–Crippen MR) is 90.2 cm³/mol. The minimum Gasteiger partial charge on any atom is -0.451 e. The highest BCUT2D eigenvalue weighted by Crippen LogP contribution is 2.36. The fourth-order valence-corrected chi connectivity index (χ4v) is 4.61. The minimum absolute atomic E-state index is 0.316. The van der Waals surface area contributed by atoms with Gasteiger partial charge in [0.2, 0.25) is 0 Å². The standard InChI is InChI=1S/C15H12BrNO2S2/c1-8-7-20-14(17-8)9(2)19-15(18)13-12(16)10-5-3-4-6-11(10)21-13/h3-7,9H,1-2H3. The van der Waals surface area contributed by atoms with Crippen molar-refractivity contribution < 1.29 is 9.53 Å². The topological polar surface area (TPSA) is 39.2 Å². The number of hydrogen-bond acceptors (Lipinski definition) is 5. The number of thiophene rings is 1. The number of ether oxygens (including phenoxy) is 1. The molecule has 2 aromatic heterocycles. The number of carbonyl (C=O) groups is 1. The zero-order chi connectivity index (χ0) is 15.0. The lowest BCUT2D eigenvalue weighted by Crippen LogP contribution is -2.08. The summed E-state index contributed by atoms with van der Waals surface area (Å²) in [6.45, 7) is 3.77. The van der Waals surface area contributed by atoms with E-state index in [4.69, 9.17) is 4.74 Å². The second kappa shape index (κ2) is 5.87. The van der Waals surface area contributed by atoms with Gasteiger partial charge in [0.05, 0.1) is 4.47 Å². The Bertz CT molecular complexity index is 809.